The van der Waals surface area contributed by atoms with E-state index in [1.165, 1.54) is 23.3 Å². The standard InChI is InChI=1S/C27H22N2O5S/c1-15-8-10-16(11-9-15)24(30)22-23(18-13-12-17(33-2)14-20(18)34-3)29(26(32)25(22)31)27-28-19-6-4-5-7-21(19)35-27/h4-14,23,31H,1-3H3. The molecule has 7 nitrogen and oxygen atoms in total. The van der Waals surface area contributed by atoms with Gasteiger partial charge in [-0.1, -0.05) is 53.3 Å². The zero-order chi connectivity index (χ0) is 24.7. The molecule has 1 unspecified atom stereocenters. The van der Waals surface area contributed by atoms with Gasteiger partial charge in [0, 0.05) is 17.2 Å². The lowest BCUT2D eigenvalue weighted by Crippen LogP contribution is -2.31. The molecule has 0 fully saturated rings. The van der Waals surface area contributed by atoms with Gasteiger partial charge < -0.3 is 14.6 Å². The number of hydrogen-bond donors (Lipinski definition) is 1. The van der Waals surface area contributed by atoms with Crippen molar-refractivity contribution in [2.75, 3.05) is 19.1 Å². The number of ketones is 1. The summed E-state index contributed by atoms with van der Waals surface area (Å²) in [6.45, 7) is 1.92. The SMILES string of the molecule is COc1ccc(C2C(C(=O)c3ccc(C)cc3)=C(O)C(=O)N2c2nc3ccccc3s2)c(OC)c1. The van der Waals surface area contributed by atoms with E-state index in [-0.39, 0.29) is 5.57 Å². The van der Waals surface area contributed by atoms with Crippen molar-refractivity contribution in [2.45, 2.75) is 13.0 Å². The summed E-state index contributed by atoms with van der Waals surface area (Å²) in [4.78, 5) is 33.1. The van der Waals surface area contributed by atoms with Gasteiger partial charge in [0.1, 0.15) is 17.5 Å². The highest BCUT2D eigenvalue weighted by Crippen LogP contribution is 2.47. The number of Topliss-reactive ketones (excluding diaryl/α,β-unsaturated/α-hetero) is 1. The van der Waals surface area contributed by atoms with E-state index in [4.69, 9.17) is 9.47 Å². The van der Waals surface area contributed by atoms with Gasteiger partial charge in [-0.05, 0) is 31.2 Å². The average molecular weight is 487 g/mol. The highest BCUT2D eigenvalue weighted by Gasteiger charge is 2.47. The molecule has 1 aliphatic rings. The first-order valence-corrected chi connectivity index (χ1v) is 11.7. The number of aryl methyl sites for hydroxylation is 1. The predicted octanol–water partition coefficient (Wildman–Crippen LogP) is 5.40. The third kappa shape index (κ3) is 3.81. The molecule has 0 saturated heterocycles. The number of aliphatic hydroxyl groups excluding tert-OH is 1. The topological polar surface area (TPSA) is 89.0 Å². The Morgan fingerprint density at radius 1 is 1.03 bits per heavy atom. The summed E-state index contributed by atoms with van der Waals surface area (Å²) in [6, 6.07) is 18.7. The van der Waals surface area contributed by atoms with Crippen LogP contribution in [0.2, 0.25) is 0 Å². The molecule has 1 amide bonds. The molecule has 4 aromatic rings. The van der Waals surface area contributed by atoms with Gasteiger partial charge in [0.15, 0.2) is 16.7 Å². The first-order valence-electron chi connectivity index (χ1n) is 10.9. The third-order valence-electron chi connectivity index (χ3n) is 5.99. The number of anilines is 1. The lowest BCUT2D eigenvalue weighted by atomic mass is 9.92. The van der Waals surface area contributed by atoms with Crippen LogP contribution in [-0.2, 0) is 4.79 Å². The van der Waals surface area contributed by atoms with Crippen molar-refractivity contribution >= 4 is 38.4 Å². The maximum absolute atomic E-state index is 13.7. The molecule has 176 valence electrons. The molecule has 0 bridgehead atoms. The Hall–Kier alpha value is -4.17. The molecule has 8 heteroatoms. The molecule has 0 spiro atoms. The number of methoxy groups -OCH3 is 2. The van der Waals surface area contributed by atoms with Gasteiger partial charge in [-0.15, -0.1) is 0 Å². The zero-order valence-corrected chi connectivity index (χ0v) is 20.1. The quantitative estimate of drug-likeness (QED) is 0.367. The Labute approximate surface area is 205 Å². The lowest BCUT2D eigenvalue weighted by molar-refractivity contribution is -0.117. The second kappa shape index (κ2) is 8.88. The minimum absolute atomic E-state index is 0.0263. The fraction of sp³-hybridized carbons (Fsp3) is 0.148. The molecular formula is C27H22N2O5S. The summed E-state index contributed by atoms with van der Waals surface area (Å²) in [6.07, 6.45) is 0. The van der Waals surface area contributed by atoms with E-state index in [0.717, 1.165) is 15.8 Å². The fourth-order valence-corrected chi connectivity index (χ4v) is 5.19. The molecule has 35 heavy (non-hydrogen) atoms. The van der Waals surface area contributed by atoms with Gasteiger partial charge in [-0.2, -0.15) is 0 Å². The molecule has 2 heterocycles. The molecule has 0 radical (unpaired) electrons. The number of benzene rings is 3. The molecular weight excluding hydrogens is 464 g/mol. The molecule has 1 N–H and O–H groups in total. The maximum atomic E-state index is 13.7. The van der Waals surface area contributed by atoms with Crippen LogP contribution in [0.25, 0.3) is 10.2 Å². The van der Waals surface area contributed by atoms with E-state index < -0.39 is 23.5 Å². The number of thiazole rings is 1. The molecule has 1 aliphatic heterocycles. The first-order chi connectivity index (χ1) is 16.9. The Morgan fingerprint density at radius 3 is 2.46 bits per heavy atom. The average Bonchev–Trinajstić information content (AvgIpc) is 3.42. The monoisotopic (exact) mass is 486 g/mol. The van der Waals surface area contributed by atoms with E-state index in [1.54, 1.807) is 37.4 Å². The van der Waals surface area contributed by atoms with Gasteiger partial charge in [0.05, 0.1) is 30.0 Å². The molecule has 3 aromatic carbocycles. The van der Waals surface area contributed by atoms with Crippen LogP contribution in [0.15, 0.2) is 78.1 Å². The van der Waals surface area contributed by atoms with Crippen molar-refractivity contribution in [3.63, 3.8) is 0 Å². The number of hydrogen-bond acceptors (Lipinski definition) is 7. The van der Waals surface area contributed by atoms with Crippen LogP contribution in [0.5, 0.6) is 11.5 Å². The number of fused-ring (bicyclic) bond motifs is 1. The number of para-hydroxylation sites is 1. The number of ether oxygens (including phenoxy) is 2. The molecule has 0 saturated carbocycles. The van der Waals surface area contributed by atoms with Crippen LogP contribution >= 0.6 is 11.3 Å². The second-order valence-corrected chi connectivity index (χ2v) is 9.12. The Morgan fingerprint density at radius 2 is 1.77 bits per heavy atom. The van der Waals surface area contributed by atoms with E-state index in [9.17, 15) is 14.7 Å². The molecule has 1 atom stereocenters. The van der Waals surface area contributed by atoms with Crippen LogP contribution in [-0.4, -0.2) is 36.0 Å². The van der Waals surface area contributed by atoms with Crippen LogP contribution in [0, 0.1) is 6.92 Å². The Bertz CT molecular complexity index is 1460. The van der Waals surface area contributed by atoms with E-state index in [2.05, 4.69) is 4.98 Å². The van der Waals surface area contributed by atoms with E-state index in [1.807, 2.05) is 43.3 Å². The number of amides is 1. The number of carbonyl (C=O) groups excluding carboxylic acids is 2. The predicted molar refractivity (Wildman–Crippen MR) is 135 cm³/mol. The van der Waals surface area contributed by atoms with Crippen molar-refractivity contribution in [1.82, 2.24) is 4.98 Å². The highest BCUT2D eigenvalue weighted by molar-refractivity contribution is 7.22. The van der Waals surface area contributed by atoms with Gasteiger partial charge in [0.2, 0.25) is 0 Å². The number of aliphatic hydroxyl groups is 1. The molecule has 5 rings (SSSR count). The van der Waals surface area contributed by atoms with Crippen LogP contribution in [0.3, 0.4) is 0 Å². The number of aromatic nitrogens is 1. The van der Waals surface area contributed by atoms with Crippen LogP contribution < -0.4 is 14.4 Å². The third-order valence-corrected chi connectivity index (χ3v) is 7.03. The summed E-state index contributed by atoms with van der Waals surface area (Å²) < 4.78 is 11.8. The minimum atomic E-state index is -0.947. The number of carbonyl (C=O) groups is 2. The van der Waals surface area contributed by atoms with Crippen LogP contribution in [0.4, 0.5) is 5.13 Å². The number of nitrogens with zero attached hydrogens (tertiary/aromatic N) is 2. The summed E-state index contributed by atoms with van der Waals surface area (Å²) >= 11 is 1.31. The van der Waals surface area contributed by atoms with Gasteiger partial charge >= 0.3 is 0 Å². The van der Waals surface area contributed by atoms with Crippen molar-refractivity contribution in [3.05, 3.63) is 94.8 Å². The van der Waals surface area contributed by atoms with Gasteiger partial charge in [0.25, 0.3) is 5.91 Å². The first kappa shape index (κ1) is 22.6. The normalized spacial score (nSPS) is 15.7. The maximum Gasteiger partial charge on any atom is 0.296 e. The summed E-state index contributed by atoms with van der Waals surface area (Å²) in [5.41, 5.74) is 2.58. The molecule has 0 aliphatic carbocycles. The fourth-order valence-electron chi connectivity index (χ4n) is 4.20. The van der Waals surface area contributed by atoms with Crippen molar-refractivity contribution in [1.29, 1.82) is 0 Å². The lowest BCUT2D eigenvalue weighted by Gasteiger charge is -2.26. The van der Waals surface area contributed by atoms with Gasteiger partial charge in [-0.25, -0.2) is 4.98 Å². The summed E-state index contributed by atoms with van der Waals surface area (Å²) in [5, 5.41) is 11.4. The highest BCUT2D eigenvalue weighted by atomic mass is 32.1. The van der Waals surface area contributed by atoms with Crippen molar-refractivity contribution in [3.8, 4) is 11.5 Å². The smallest absolute Gasteiger partial charge is 0.296 e. The Balaban J connectivity index is 1.71. The van der Waals surface area contributed by atoms with Crippen molar-refractivity contribution in [2.24, 2.45) is 0 Å². The Kier molecular flexibility index (Phi) is 5.74. The van der Waals surface area contributed by atoms with E-state index in [0.29, 0.717) is 27.8 Å². The van der Waals surface area contributed by atoms with E-state index >= 15 is 0 Å². The largest absolute Gasteiger partial charge is 0.503 e. The van der Waals surface area contributed by atoms with Gasteiger partial charge in [-0.3, -0.25) is 14.5 Å². The minimum Gasteiger partial charge on any atom is -0.503 e. The molecule has 1 aromatic heterocycles. The van der Waals surface area contributed by atoms with Crippen LogP contribution in [0.1, 0.15) is 27.5 Å². The zero-order valence-electron chi connectivity index (χ0n) is 19.3. The number of rotatable bonds is 6. The van der Waals surface area contributed by atoms with Crippen molar-refractivity contribution < 1.29 is 24.2 Å². The summed E-state index contributed by atoms with van der Waals surface area (Å²) in [7, 11) is 3.04. The second-order valence-electron chi connectivity index (χ2n) is 8.11. The summed E-state index contributed by atoms with van der Waals surface area (Å²) in [5.74, 6) is -0.763.